The Morgan fingerprint density at radius 1 is 1.05 bits per heavy atom. The summed E-state index contributed by atoms with van der Waals surface area (Å²) >= 11 is 0. The minimum absolute atomic E-state index is 0.00208. The van der Waals surface area contributed by atoms with Gasteiger partial charge >= 0.3 is 12.1 Å². The van der Waals surface area contributed by atoms with Crippen LogP contribution in [0.5, 0.6) is 0 Å². The number of alkyl halides is 3. The van der Waals surface area contributed by atoms with Gasteiger partial charge in [0.15, 0.2) is 0 Å². The molecule has 194 valence electrons. The van der Waals surface area contributed by atoms with E-state index in [0.29, 0.717) is 6.54 Å². The molecule has 7 nitrogen and oxygen atoms in total. The summed E-state index contributed by atoms with van der Waals surface area (Å²) in [6, 6.07) is 14.6. The molecule has 2 aliphatic rings. The Morgan fingerprint density at radius 2 is 1.78 bits per heavy atom. The first-order valence-electron chi connectivity index (χ1n) is 12.0. The summed E-state index contributed by atoms with van der Waals surface area (Å²) in [4.78, 5) is 31.4. The van der Waals surface area contributed by atoms with Gasteiger partial charge in [-0.25, -0.2) is 4.79 Å². The molecular weight excluding hydrogens is 485 g/mol. The largest absolute Gasteiger partial charge is 0.490 e. The first-order chi connectivity index (χ1) is 17.7. The van der Waals surface area contributed by atoms with Crippen LogP contribution in [0.15, 0.2) is 48.7 Å². The number of nitrogens with zero attached hydrogens (tertiary/aromatic N) is 2. The molecule has 1 saturated heterocycles. The van der Waals surface area contributed by atoms with Crippen LogP contribution in [-0.4, -0.2) is 52.8 Å². The maximum Gasteiger partial charge on any atom is 0.490 e. The lowest BCUT2D eigenvalue weighted by atomic mass is 10.1. The number of rotatable bonds is 4. The van der Waals surface area contributed by atoms with Crippen LogP contribution in [0.1, 0.15) is 46.6 Å². The van der Waals surface area contributed by atoms with Crippen molar-refractivity contribution >= 4 is 29.7 Å². The number of carbonyl (C=O) groups is 2. The molecule has 2 aromatic heterocycles. The van der Waals surface area contributed by atoms with E-state index in [1.54, 1.807) is 0 Å². The summed E-state index contributed by atoms with van der Waals surface area (Å²) < 4.78 is 31.7. The lowest BCUT2D eigenvalue weighted by Gasteiger charge is -2.30. The number of H-pyrrole nitrogens is 1. The lowest BCUT2D eigenvalue weighted by molar-refractivity contribution is -0.192. The van der Waals surface area contributed by atoms with Crippen LogP contribution in [0.25, 0.3) is 23.4 Å². The molecule has 0 radical (unpaired) electrons. The number of fused-ring (bicyclic) bond motifs is 1. The van der Waals surface area contributed by atoms with Crippen molar-refractivity contribution in [1.29, 1.82) is 0 Å². The summed E-state index contributed by atoms with van der Waals surface area (Å²) in [7, 11) is 0. The third kappa shape index (κ3) is 6.58. The van der Waals surface area contributed by atoms with Crippen molar-refractivity contribution in [3.05, 3.63) is 71.2 Å². The molecule has 0 bridgehead atoms. The number of hydrogen-bond donors (Lipinski definition) is 3. The lowest BCUT2D eigenvalue weighted by Crippen LogP contribution is -2.31. The number of pyridine rings is 1. The Balaban J connectivity index is 0.000000405. The van der Waals surface area contributed by atoms with Gasteiger partial charge in [0.2, 0.25) is 0 Å². The fourth-order valence-corrected chi connectivity index (χ4v) is 4.38. The molecule has 10 heteroatoms. The van der Waals surface area contributed by atoms with Gasteiger partial charge in [-0.15, -0.1) is 0 Å². The van der Waals surface area contributed by atoms with Gasteiger partial charge in [0.25, 0.3) is 5.91 Å². The van der Waals surface area contributed by atoms with Crippen LogP contribution in [0.4, 0.5) is 18.9 Å². The number of nitrogens with one attached hydrogen (secondary N) is 2. The Morgan fingerprint density at radius 3 is 2.49 bits per heavy atom. The highest BCUT2D eigenvalue weighted by atomic mass is 19.4. The Hall–Kier alpha value is -4.08. The molecule has 0 saturated carbocycles. The fraction of sp³-hybridized carbons (Fsp3) is 0.296. The van der Waals surface area contributed by atoms with Gasteiger partial charge in [-0.3, -0.25) is 9.78 Å². The average Bonchev–Trinajstić information content (AvgIpc) is 3.34. The summed E-state index contributed by atoms with van der Waals surface area (Å²) in [5, 5.41) is 10.0. The average molecular weight is 513 g/mol. The molecule has 1 amide bonds. The zero-order chi connectivity index (χ0) is 26.4. The number of halogens is 3. The van der Waals surface area contributed by atoms with Gasteiger partial charge in [-0.1, -0.05) is 24.3 Å². The van der Waals surface area contributed by atoms with Crippen LogP contribution in [0.3, 0.4) is 0 Å². The number of aromatic amines is 1. The van der Waals surface area contributed by atoms with E-state index in [1.807, 2.05) is 18.3 Å². The number of para-hydroxylation sites is 1. The summed E-state index contributed by atoms with van der Waals surface area (Å²) in [6.45, 7) is 2.94. The van der Waals surface area contributed by atoms with Crippen molar-refractivity contribution in [2.24, 2.45) is 0 Å². The third-order valence-electron chi connectivity index (χ3n) is 6.21. The van der Waals surface area contributed by atoms with Crippen LogP contribution in [0.2, 0.25) is 0 Å². The van der Waals surface area contributed by atoms with Crippen molar-refractivity contribution in [3.63, 3.8) is 0 Å². The van der Waals surface area contributed by atoms with Crippen LogP contribution >= 0.6 is 0 Å². The van der Waals surface area contributed by atoms with Crippen molar-refractivity contribution in [3.8, 4) is 11.3 Å². The first kappa shape index (κ1) is 26.0. The minimum atomic E-state index is -5.08. The third-order valence-corrected chi connectivity index (χ3v) is 6.21. The molecule has 4 heterocycles. The first-order valence-corrected chi connectivity index (χ1v) is 12.0. The molecule has 0 unspecified atom stereocenters. The number of hydrogen-bond acceptors (Lipinski definition) is 4. The predicted molar refractivity (Wildman–Crippen MR) is 135 cm³/mol. The molecule has 0 aliphatic carbocycles. The van der Waals surface area contributed by atoms with Crippen LogP contribution in [-0.2, 0) is 11.2 Å². The van der Waals surface area contributed by atoms with Crippen molar-refractivity contribution in [1.82, 2.24) is 15.3 Å². The highest BCUT2D eigenvalue weighted by molar-refractivity contribution is 5.97. The van der Waals surface area contributed by atoms with E-state index in [-0.39, 0.29) is 5.91 Å². The van der Waals surface area contributed by atoms with E-state index in [4.69, 9.17) is 9.90 Å². The summed E-state index contributed by atoms with van der Waals surface area (Å²) in [6.07, 6.45) is 5.66. The Labute approximate surface area is 212 Å². The maximum atomic E-state index is 12.1. The molecule has 1 aromatic carbocycles. The molecule has 0 spiro atoms. The normalized spacial score (nSPS) is 15.5. The number of carbonyl (C=O) groups excluding carboxylic acids is 1. The monoisotopic (exact) mass is 512 g/mol. The summed E-state index contributed by atoms with van der Waals surface area (Å²) in [5.74, 6) is -2.75. The Kier molecular flexibility index (Phi) is 7.95. The number of carboxylic acid groups (broad SMARTS) is 1. The summed E-state index contributed by atoms with van der Waals surface area (Å²) in [5.41, 5.74) is 7.18. The predicted octanol–water partition coefficient (Wildman–Crippen LogP) is 5.16. The zero-order valence-corrected chi connectivity index (χ0v) is 20.0. The second kappa shape index (κ2) is 11.3. The van der Waals surface area contributed by atoms with Gasteiger partial charge in [0.1, 0.15) is 0 Å². The molecule has 3 aromatic rings. The van der Waals surface area contributed by atoms with E-state index >= 15 is 0 Å². The van der Waals surface area contributed by atoms with E-state index in [9.17, 15) is 18.0 Å². The second-order valence-corrected chi connectivity index (χ2v) is 8.79. The molecule has 2 aliphatic heterocycles. The topological polar surface area (TPSA) is 98.3 Å². The smallest absolute Gasteiger partial charge is 0.475 e. The molecule has 1 fully saturated rings. The van der Waals surface area contributed by atoms with E-state index in [0.717, 1.165) is 47.7 Å². The molecule has 5 rings (SSSR count). The molecular formula is C27H27F3N4O3. The number of aromatic nitrogens is 2. The van der Waals surface area contributed by atoms with Gasteiger partial charge in [0.05, 0.1) is 11.3 Å². The fourth-order valence-electron chi connectivity index (χ4n) is 4.38. The van der Waals surface area contributed by atoms with Crippen molar-refractivity contribution in [2.45, 2.75) is 31.9 Å². The van der Waals surface area contributed by atoms with Crippen LogP contribution < -0.4 is 10.2 Å². The number of piperidine rings is 1. The number of benzene rings is 1. The van der Waals surface area contributed by atoms with Gasteiger partial charge < -0.3 is 20.3 Å². The second-order valence-electron chi connectivity index (χ2n) is 8.79. The van der Waals surface area contributed by atoms with Gasteiger partial charge in [-0.2, -0.15) is 13.2 Å². The Bertz CT molecular complexity index is 1290. The van der Waals surface area contributed by atoms with E-state index < -0.39 is 12.1 Å². The van der Waals surface area contributed by atoms with E-state index in [1.165, 1.54) is 30.5 Å². The van der Waals surface area contributed by atoms with Crippen molar-refractivity contribution < 1.29 is 27.9 Å². The molecule has 0 atom stereocenters. The SMILES string of the molecule is O=C(O)C(F)(F)F.O=C1NCCc2[nH]c(-c3ccnc(/C=C/c4ccccc4N4CCCCC4)c3)cc21. The van der Waals surface area contributed by atoms with E-state index in [2.05, 4.69) is 62.7 Å². The number of anilines is 1. The minimum Gasteiger partial charge on any atom is -0.475 e. The number of aliphatic carboxylic acids is 1. The standard InChI is InChI=1S/C25H26N4O.C2HF3O2/c30-25-21-17-23(28-22(21)11-13-27-25)19-10-12-26-20(16-19)9-8-18-6-2-3-7-24(18)29-14-4-1-5-15-29;3-2(4,5)1(6)7/h2-3,6-10,12,16-17,28H,1,4-5,11,13-15H2,(H,27,30);(H,6,7)/b9-8+;. The van der Waals surface area contributed by atoms with Gasteiger partial charge in [-0.05, 0) is 55.2 Å². The van der Waals surface area contributed by atoms with Crippen molar-refractivity contribution in [2.75, 3.05) is 24.5 Å². The van der Waals surface area contributed by atoms with Crippen LogP contribution in [0, 0.1) is 0 Å². The van der Waals surface area contributed by atoms with Gasteiger partial charge in [0, 0.05) is 54.9 Å². The zero-order valence-electron chi connectivity index (χ0n) is 20.0. The number of amides is 1. The quantitative estimate of drug-likeness (QED) is 0.449. The highest BCUT2D eigenvalue weighted by Gasteiger charge is 2.38. The molecule has 37 heavy (non-hydrogen) atoms. The maximum absolute atomic E-state index is 12.1. The molecule has 3 N–H and O–H groups in total. The number of carboxylic acids is 1. The highest BCUT2D eigenvalue weighted by Crippen LogP contribution is 2.27.